The summed E-state index contributed by atoms with van der Waals surface area (Å²) in [6, 6.07) is 12.3. The molecule has 0 aromatic heterocycles. The van der Waals surface area contributed by atoms with Crippen LogP contribution in [0.1, 0.15) is 6.92 Å². The van der Waals surface area contributed by atoms with E-state index in [1.54, 1.807) is 51.4 Å². The summed E-state index contributed by atoms with van der Waals surface area (Å²) in [5.74, 6) is -0.288. The van der Waals surface area contributed by atoms with Crippen LogP contribution in [0.5, 0.6) is 5.75 Å². The number of ether oxygens (including phenoxy) is 1. The predicted octanol–water partition coefficient (Wildman–Crippen LogP) is 1.31. The van der Waals surface area contributed by atoms with Crippen molar-refractivity contribution in [1.82, 2.24) is 0 Å². The molecule has 138 valence electrons. The summed E-state index contributed by atoms with van der Waals surface area (Å²) in [4.78, 5) is 25.2. The van der Waals surface area contributed by atoms with Crippen LogP contribution in [0, 0.1) is 5.82 Å². The van der Waals surface area contributed by atoms with E-state index in [0.717, 1.165) is 0 Å². The van der Waals surface area contributed by atoms with Crippen LogP contribution in [0.15, 0.2) is 48.5 Å². The van der Waals surface area contributed by atoms with Crippen molar-refractivity contribution in [2.45, 2.75) is 13.0 Å². The van der Waals surface area contributed by atoms with Crippen molar-refractivity contribution < 1.29 is 23.6 Å². The van der Waals surface area contributed by atoms with E-state index < -0.39 is 11.9 Å². The summed E-state index contributed by atoms with van der Waals surface area (Å²) in [5, 5.41) is 5.43. The number of carbonyl (C=O) groups is 2. The Morgan fingerprint density at radius 1 is 1.12 bits per heavy atom. The Kier molecular flexibility index (Phi) is 6.68. The van der Waals surface area contributed by atoms with Crippen LogP contribution in [-0.4, -0.2) is 38.6 Å². The van der Waals surface area contributed by atoms with Crippen LogP contribution >= 0.6 is 0 Å². The van der Waals surface area contributed by atoms with Crippen molar-refractivity contribution in [2.24, 2.45) is 0 Å². The number of hydrogen-bond donors (Lipinski definition) is 3. The van der Waals surface area contributed by atoms with E-state index in [4.69, 9.17) is 4.74 Å². The minimum atomic E-state index is -0.459. The molecule has 0 aliphatic rings. The fourth-order valence-electron chi connectivity index (χ4n) is 2.35. The minimum Gasteiger partial charge on any atom is -0.497 e. The fraction of sp³-hybridized carbons (Fsp3) is 0.263. The second-order valence-electron chi connectivity index (χ2n) is 6.02. The van der Waals surface area contributed by atoms with Crippen molar-refractivity contribution in [3.05, 3.63) is 54.3 Å². The zero-order valence-electron chi connectivity index (χ0n) is 15.0. The first-order chi connectivity index (χ1) is 12.4. The van der Waals surface area contributed by atoms with E-state index in [2.05, 4.69) is 10.6 Å². The first kappa shape index (κ1) is 19.4. The van der Waals surface area contributed by atoms with Crippen molar-refractivity contribution >= 4 is 23.2 Å². The lowest BCUT2D eigenvalue weighted by molar-refractivity contribution is -0.885. The lowest BCUT2D eigenvalue weighted by Crippen LogP contribution is -3.14. The Morgan fingerprint density at radius 3 is 2.42 bits per heavy atom. The Hall–Kier alpha value is -2.93. The van der Waals surface area contributed by atoms with Crippen molar-refractivity contribution in [3.63, 3.8) is 0 Å². The second kappa shape index (κ2) is 8.96. The second-order valence-corrected chi connectivity index (χ2v) is 6.02. The highest BCUT2D eigenvalue weighted by atomic mass is 19.1. The molecule has 6 nitrogen and oxygen atoms in total. The maximum atomic E-state index is 13.2. The first-order valence-electron chi connectivity index (χ1n) is 8.21. The van der Waals surface area contributed by atoms with Crippen molar-refractivity contribution in [3.8, 4) is 5.75 Å². The number of quaternary nitrogens is 1. The van der Waals surface area contributed by atoms with E-state index in [9.17, 15) is 14.0 Å². The van der Waals surface area contributed by atoms with Crippen molar-refractivity contribution in [2.75, 3.05) is 31.3 Å². The van der Waals surface area contributed by atoms with Gasteiger partial charge < -0.3 is 20.3 Å². The molecule has 7 heteroatoms. The molecule has 0 saturated heterocycles. The Bertz CT molecular complexity index is 782. The molecule has 0 radical (unpaired) electrons. The first-order valence-corrected chi connectivity index (χ1v) is 8.21. The normalized spacial score (nSPS) is 12.8. The number of carbonyl (C=O) groups excluding carboxylic acids is 2. The largest absolute Gasteiger partial charge is 0.497 e. The highest BCUT2D eigenvalue weighted by Crippen LogP contribution is 2.16. The Balaban J connectivity index is 1.90. The Morgan fingerprint density at radius 2 is 1.77 bits per heavy atom. The summed E-state index contributed by atoms with van der Waals surface area (Å²) >= 11 is 0. The number of halogens is 1. The maximum Gasteiger partial charge on any atom is 0.282 e. The van der Waals surface area contributed by atoms with Gasteiger partial charge in [-0.05, 0) is 37.3 Å². The van der Waals surface area contributed by atoms with E-state index >= 15 is 0 Å². The summed E-state index contributed by atoms with van der Waals surface area (Å²) in [6.07, 6.45) is 0. The van der Waals surface area contributed by atoms with Gasteiger partial charge in [0.15, 0.2) is 12.6 Å². The smallest absolute Gasteiger partial charge is 0.282 e. The topological polar surface area (TPSA) is 71.9 Å². The Labute approximate surface area is 152 Å². The van der Waals surface area contributed by atoms with E-state index in [1.165, 1.54) is 18.2 Å². The molecule has 0 aliphatic carbocycles. The molecule has 1 unspecified atom stereocenters. The van der Waals surface area contributed by atoms with E-state index in [0.29, 0.717) is 22.0 Å². The van der Waals surface area contributed by atoms with Gasteiger partial charge in [-0.15, -0.1) is 0 Å². The number of likely N-dealkylation sites (N-methyl/N-ethyl adjacent to an activating group) is 1. The molecule has 0 saturated carbocycles. The van der Waals surface area contributed by atoms with Crippen LogP contribution in [0.3, 0.4) is 0 Å². The third kappa shape index (κ3) is 5.56. The lowest BCUT2D eigenvalue weighted by atomic mass is 10.2. The number of nitrogens with one attached hydrogen (secondary N) is 3. The molecule has 2 amide bonds. The van der Waals surface area contributed by atoms with Crippen LogP contribution in [0.25, 0.3) is 0 Å². The highest BCUT2D eigenvalue weighted by molar-refractivity contribution is 5.94. The van der Waals surface area contributed by atoms with Gasteiger partial charge in [-0.25, -0.2) is 4.39 Å². The van der Waals surface area contributed by atoms with Gasteiger partial charge in [0.05, 0.1) is 14.2 Å². The standard InChI is InChI=1S/C19H22FN3O3/c1-13(19(25)22-16-8-5-9-17(11-16)26-3)23(2)12-18(24)21-15-7-4-6-14(20)10-15/h4-11,13H,12H2,1-3H3,(H,21,24)(H,22,25)/p+1/t13-/m0/s1. The zero-order chi connectivity index (χ0) is 19.1. The van der Waals surface area contributed by atoms with Gasteiger partial charge in [-0.3, -0.25) is 9.59 Å². The van der Waals surface area contributed by atoms with Gasteiger partial charge in [0, 0.05) is 17.4 Å². The molecular formula is C19H23FN3O3+. The van der Waals surface area contributed by atoms with Gasteiger partial charge in [-0.2, -0.15) is 0 Å². The van der Waals surface area contributed by atoms with Crippen molar-refractivity contribution in [1.29, 1.82) is 0 Å². The third-order valence-electron chi connectivity index (χ3n) is 4.02. The molecule has 2 atom stereocenters. The van der Waals surface area contributed by atoms with Gasteiger partial charge >= 0.3 is 0 Å². The monoisotopic (exact) mass is 360 g/mol. The number of amides is 2. The molecule has 0 bridgehead atoms. The highest BCUT2D eigenvalue weighted by Gasteiger charge is 2.24. The van der Waals surface area contributed by atoms with Gasteiger partial charge in [0.1, 0.15) is 11.6 Å². The molecule has 2 rings (SSSR count). The third-order valence-corrected chi connectivity index (χ3v) is 4.02. The number of benzene rings is 2. The van der Waals surface area contributed by atoms with Gasteiger partial charge in [-0.1, -0.05) is 12.1 Å². The molecule has 0 heterocycles. The zero-order valence-corrected chi connectivity index (χ0v) is 15.0. The molecular weight excluding hydrogens is 337 g/mol. The minimum absolute atomic E-state index is 0.0726. The van der Waals surface area contributed by atoms with Gasteiger partial charge in [0.2, 0.25) is 0 Å². The SMILES string of the molecule is COc1cccc(NC(=O)[C@H](C)[NH+](C)CC(=O)Nc2cccc(F)c2)c1. The average Bonchev–Trinajstić information content (AvgIpc) is 2.61. The lowest BCUT2D eigenvalue weighted by Gasteiger charge is -2.20. The number of hydrogen-bond acceptors (Lipinski definition) is 3. The summed E-state index contributed by atoms with van der Waals surface area (Å²) in [7, 11) is 3.31. The fourth-order valence-corrected chi connectivity index (χ4v) is 2.35. The number of anilines is 2. The van der Waals surface area contributed by atoms with E-state index in [-0.39, 0.29) is 18.4 Å². The molecule has 0 aliphatic heterocycles. The summed E-state index contributed by atoms with van der Waals surface area (Å²) < 4.78 is 18.3. The molecule has 2 aromatic carbocycles. The number of methoxy groups -OCH3 is 1. The quantitative estimate of drug-likeness (QED) is 0.697. The van der Waals surface area contributed by atoms with Crippen LogP contribution in [0.4, 0.5) is 15.8 Å². The molecule has 3 N–H and O–H groups in total. The maximum absolute atomic E-state index is 13.2. The van der Waals surface area contributed by atoms with Crippen LogP contribution < -0.4 is 20.3 Å². The van der Waals surface area contributed by atoms with Crippen LogP contribution in [-0.2, 0) is 9.59 Å². The number of rotatable bonds is 7. The summed E-state index contributed by atoms with van der Waals surface area (Å²) in [6.45, 7) is 1.81. The summed E-state index contributed by atoms with van der Waals surface area (Å²) in [5.41, 5.74) is 1.01. The molecule has 26 heavy (non-hydrogen) atoms. The molecule has 2 aromatic rings. The molecule has 0 fully saturated rings. The average molecular weight is 360 g/mol. The predicted molar refractivity (Wildman–Crippen MR) is 97.9 cm³/mol. The van der Waals surface area contributed by atoms with Crippen LogP contribution in [0.2, 0.25) is 0 Å². The van der Waals surface area contributed by atoms with Gasteiger partial charge in [0.25, 0.3) is 11.8 Å². The van der Waals surface area contributed by atoms with E-state index in [1.807, 2.05) is 0 Å². The molecule has 0 spiro atoms.